The molecule has 1 unspecified atom stereocenters. The van der Waals surface area contributed by atoms with Gasteiger partial charge in [0.05, 0.1) is 0 Å². The van der Waals surface area contributed by atoms with Gasteiger partial charge in [-0.1, -0.05) is 38.1 Å². The molecule has 1 atom stereocenters. The largest absolute Gasteiger partial charge is 0.480 e. The molecule has 0 saturated heterocycles. The highest BCUT2D eigenvalue weighted by molar-refractivity contribution is 5.80. The van der Waals surface area contributed by atoms with Crippen LogP contribution in [0.5, 0.6) is 0 Å². The second kappa shape index (κ2) is 5.33. The Morgan fingerprint density at radius 2 is 1.95 bits per heavy atom. The van der Waals surface area contributed by atoms with Gasteiger partial charge in [0.2, 0.25) is 0 Å². The van der Waals surface area contributed by atoms with Crippen molar-refractivity contribution in [3.63, 3.8) is 0 Å². The van der Waals surface area contributed by atoms with Crippen LogP contribution in [0.15, 0.2) is 24.3 Å². The molecule has 0 heterocycles. The standard InChI is InChI=1S/C16H23NO2/c1-11(2)13-6-8-14(9-7-13)16(3,15(18)19)17-10-12-4-5-12/h6-9,11-12,17H,4-5,10H2,1-3H3,(H,18,19). The van der Waals surface area contributed by atoms with E-state index >= 15 is 0 Å². The number of hydrogen-bond donors (Lipinski definition) is 2. The summed E-state index contributed by atoms with van der Waals surface area (Å²) in [4.78, 5) is 11.6. The molecular formula is C16H23NO2. The van der Waals surface area contributed by atoms with Crippen molar-refractivity contribution in [3.8, 4) is 0 Å². The predicted octanol–water partition coefficient (Wildman–Crippen LogP) is 3.11. The molecule has 3 heteroatoms. The fourth-order valence-electron chi connectivity index (χ4n) is 2.17. The highest BCUT2D eigenvalue weighted by Crippen LogP contribution is 2.30. The van der Waals surface area contributed by atoms with Crippen LogP contribution in [0.2, 0.25) is 0 Å². The van der Waals surface area contributed by atoms with E-state index in [0.717, 1.165) is 12.1 Å². The quantitative estimate of drug-likeness (QED) is 0.827. The van der Waals surface area contributed by atoms with Crippen molar-refractivity contribution < 1.29 is 9.90 Å². The second-order valence-electron chi connectivity index (χ2n) is 6.03. The number of benzene rings is 1. The fourth-order valence-corrected chi connectivity index (χ4v) is 2.17. The van der Waals surface area contributed by atoms with E-state index in [1.165, 1.54) is 18.4 Å². The maximum atomic E-state index is 11.6. The SMILES string of the molecule is CC(C)c1ccc(C(C)(NCC2CC2)C(=O)O)cc1. The molecule has 0 aliphatic heterocycles. The lowest BCUT2D eigenvalue weighted by molar-refractivity contribution is -0.144. The molecular weight excluding hydrogens is 238 g/mol. The Labute approximate surface area is 115 Å². The van der Waals surface area contributed by atoms with Crippen LogP contribution in [0.3, 0.4) is 0 Å². The summed E-state index contributed by atoms with van der Waals surface area (Å²) in [5.74, 6) is 0.309. The maximum absolute atomic E-state index is 11.6. The average molecular weight is 261 g/mol. The number of carboxylic acid groups (broad SMARTS) is 1. The zero-order valence-electron chi connectivity index (χ0n) is 11.9. The zero-order valence-corrected chi connectivity index (χ0v) is 11.9. The molecule has 2 N–H and O–H groups in total. The van der Waals surface area contributed by atoms with Gasteiger partial charge in [0.25, 0.3) is 0 Å². The van der Waals surface area contributed by atoms with Crippen molar-refractivity contribution in [2.45, 2.75) is 45.1 Å². The van der Waals surface area contributed by atoms with Crippen molar-refractivity contribution in [2.75, 3.05) is 6.54 Å². The van der Waals surface area contributed by atoms with Gasteiger partial charge in [-0.3, -0.25) is 5.32 Å². The van der Waals surface area contributed by atoms with Gasteiger partial charge in [0.1, 0.15) is 5.54 Å². The molecule has 0 aromatic heterocycles. The number of nitrogens with one attached hydrogen (secondary N) is 1. The first-order valence-corrected chi connectivity index (χ1v) is 7.02. The molecule has 1 aliphatic rings. The van der Waals surface area contributed by atoms with Gasteiger partial charge in [0.15, 0.2) is 0 Å². The first-order chi connectivity index (χ1) is 8.93. The Kier molecular flexibility index (Phi) is 3.95. The van der Waals surface area contributed by atoms with E-state index in [1.807, 2.05) is 24.3 Å². The van der Waals surface area contributed by atoms with Crippen LogP contribution in [0.25, 0.3) is 0 Å². The molecule has 1 aromatic rings. The highest BCUT2D eigenvalue weighted by atomic mass is 16.4. The Balaban J connectivity index is 2.19. The normalized spacial score (nSPS) is 18.3. The molecule has 2 rings (SSSR count). The number of rotatable bonds is 6. The van der Waals surface area contributed by atoms with Gasteiger partial charge in [-0.15, -0.1) is 0 Å². The van der Waals surface area contributed by atoms with Crippen LogP contribution in [0.4, 0.5) is 0 Å². The predicted molar refractivity (Wildman–Crippen MR) is 76.2 cm³/mol. The van der Waals surface area contributed by atoms with Crippen molar-refractivity contribution in [1.29, 1.82) is 0 Å². The van der Waals surface area contributed by atoms with Gasteiger partial charge < -0.3 is 5.11 Å². The first kappa shape index (κ1) is 14.1. The van der Waals surface area contributed by atoms with Crippen molar-refractivity contribution in [2.24, 2.45) is 5.92 Å². The van der Waals surface area contributed by atoms with Crippen molar-refractivity contribution in [3.05, 3.63) is 35.4 Å². The third kappa shape index (κ3) is 3.16. The molecule has 0 spiro atoms. The topological polar surface area (TPSA) is 49.3 Å². The molecule has 1 aromatic carbocycles. The highest BCUT2D eigenvalue weighted by Gasteiger charge is 2.36. The molecule has 3 nitrogen and oxygen atoms in total. The third-order valence-corrected chi connectivity index (χ3v) is 4.02. The van der Waals surface area contributed by atoms with Crippen molar-refractivity contribution in [1.82, 2.24) is 5.32 Å². The molecule has 104 valence electrons. The van der Waals surface area contributed by atoms with Crippen LogP contribution < -0.4 is 5.32 Å². The minimum absolute atomic E-state index is 0.463. The minimum Gasteiger partial charge on any atom is -0.480 e. The van der Waals surface area contributed by atoms with Crippen LogP contribution >= 0.6 is 0 Å². The summed E-state index contributed by atoms with van der Waals surface area (Å²) in [5, 5.41) is 12.8. The van der Waals surface area contributed by atoms with Crippen LogP contribution in [0, 0.1) is 5.92 Å². The summed E-state index contributed by atoms with van der Waals surface area (Å²) in [6.45, 7) is 6.81. The summed E-state index contributed by atoms with van der Waals surface area (Å²) in [5.41, 5.74) is 1.07. The van der Waals surface area contributed by atoms with Crippen LogP contribution in [-0.2, 0) is 10.3 Å². The molecule has 1 saturated carbocycles. The number of aliphatic carboxylic acids is 1. The van der Waals surface area contributed by atoms with Gasteiger partial charge in [0, 0.05) is 0 Å². The van der Waals surface area contributed by atoms with Crippen LogP contribution in [-0.4, -0.2) is 17.6 Å². The van der Waals surface area contributed by atoms with Gasteiger partial charge in [-0.05, 0) is 49.3 Å². The lowest BCUT2D eigenvalue weighted by atomic mass is 9.90. The van der Waals surface area contributed by atoms with Gasteiger partial charge >= 0.3 is 5.97 Å². The Bertz CT molecular complexity index is 448. The van der Waals surface area contributed by atoms with E-state index in [1.54, 1.807) is 6.92 Å². The Morgan fingerprint density at radius 1 is 1.37 bits per heavy atom. The van der Waals surface area contributed by atoms with Crippen molar-refractivity contribution >= 4 is 5.97 Å². The van der Waals surface area contributed by atoms with E-state index in [-0.39, 0.29) is 0 Å². The number of carboxylic acids is 1. The molecule has 0 amide bonds. The van der Waals surface area contributed by atoms with E-state index in [2.05, 4.69) is 19.2 Å². The second-order valence-corrected chi connectivity index (χ2v) is 6.03. The summed E-state index contributed by atoms with van der Waals surface area (Å²) in [6, 6.07) is 7.92. The third-order valence-electron chi connectivity index (χ3n) is 4.02. The average Bonchev–Trinajstić information content (AvgIpc) is 3.20. The Morgan fingerprint density at radius 3 is 2.37 bits per heavy atom. The number of hydrogen-bond acceptors (Lipinski definition) is 2. The van der Waals surface area contributed by atoms with E-state index < -0.39 is 11.5 Å². The number of carbonyl (C=O) groups is 1. The first-order valence-electron chi connectivity index (χ1n) is 7.02. The van der Waals surface area contributed by atoms with E-state index in [9.17, 15) is 9.90 Å². The van der Waals surface area contributed by atoms with E-state index in [4.69, 9.17) is 0 Å². The van der Waals surface area contributed by atoms with E-state index in [0.29, 0.717) is 11.8 Å². The van der Waals surface area contributed by atoms with Gasteiger partial charge in [-0.25, -0.2) is 4.79 Å². The Hall–Kier alpha value is -1.35. The zero-order chi connectivity index (χ0) is 14.0. The maximum Gasteiger partial charge on any atom is 0.328 e. The summed E-state index contributed by atoms with van der Waals surface area (Å²) in [7, 11) is 0. The smallest absolute Gasteiger partial charge is 0.328 e. The lowest BCUT2D eigenvalue weighted by Crippen LogP contribution is -2.47. The molecule has 19 heavy (non-hydrogen) atoms. The summed E-state index contributed by atoms with van der Waals surface area (Å²) >= 11 is 0. The summed E-state index contributed by atoms with van der Waals surface area (Å²) < 4.78 is 0. The minimum atomic E-state index is -0.988. The molecule has 0 radical (unpaired) electrons. The fraction of sp³-hybridized carbons (Fsp3) is 0.562. The lowest BCUT2D eigenvalue weighted by Gasteiger charge is -2.27. The molecule has 1 aliphatic carbocycles. The van der Waals surface area contributed by atoms with Crippen LogP contribution in [0.1, 0.15) is 50.7 Å². The van der Waals surface area contributed by atoms with Gasteiger partial charge in [-0.2, -0.15) is 0 Å². The monoisotopic (exact) mass is 261 g/mol. The molecule has 1 fully saturated rings. The summed E-state index contributed by atoms with van der Waals surface area (Å²) in [6.07, 6.45) is 2.43. The molecule has 0 bridgehead atoms.